The number of halogens is 2. The van der Waals surface area contributed by atoms with Crippen LogP contribution in [0.4, 0.5) is 4.39 Å². The molecule has 0 heterocycles. The van der Waals surface area contributed by atoms with Crippen molar-refractivity contribution in [3.63, 3.8) is 0 Å². The Morgan fingerprint density at radius 3 is 2.61 bits per heavy atom. The van der Waals surface area contributed by atoms with Crippen LogP contribution in [0, 0.1) is 5.82 Å². The van der Waals surface area contributed by atoms with Crippen molar-refractivity contribution in [2.75, 3.05) is 0 Å². The summed E-state index contributed by atoms with van der Waals surface area (Å²) in [5.41, 5.74) is -1.07. The van der Waals surface area contributed by atoms with Crippen LogP contribution in [0.3, 0.4) is 0 Å². The minimum absolute atomic E-state index is 0.122. The molecular weight excluding hydrogens is 305 g/mol. The van der Waals surface area contributed by atoms with Gasteiger partial charge in [-0.05, 0) is 41.9 Å². The Hall–Kier alpha value is -1.43. The number of carboxylic acid groups (broad SMARTS) is 1. The number of carbonyl (C=O) groups is 2. The maximum atomic E-state index is 13.7. The fourth-order valence-electron chi connectivity index (χ4n) is 1.48. The minimum Gasteiger partial charge on any atom is -0.481 e. The van der Waals surface area contributed by atoms with Gasteiger partial charge in [0.15, 0.2) is 0 Å². The molecule has 0 aliphatic rings. The Bertz CT molecular complexity index is 488. The summed E-state index contributed by atoms with van der Waals surface area (Å²) in [7, 11) is 0. The number of hydrogen-bond acceptors (Lipinski definition) is 2. The van der Waals surface area contributed by atoms with Crippen LogP contribution < -0.4 is 5.32 Å². The van der Waals surface area contributed by atoms with Crippen molar-refractivity contribution in [3.05, 3.63) is 34.1 Å². The highest BCUT2D eigenvalue weighted by atomic mass is 79.9. The maximum absolute atomic E-state index is 13.7. The van der Waals surface area contributed by atoms with E-state index in [9.17, 15) is 14.0 Å². The van der Waals surface area contributed by atoms with Crippen molar-refractivity contribution in [2.45, 2.75) is 25.8 Å². The molecule has 98 valence electrons. The summed E-state index contributed by atoms with van der Waals surface area (Å²) in [6.07, 6.45) is -0.242. The normalized spacial score (nSPS) is 11.1. The molecule has 0 aliphatic heterocycles. The van der Waals surface area contributed by atoms with Crippen molar-refractivity contribution in [3.8, 4) is 0 Å². The van der Waals surface area contributed by atoms with Gasteiger partial charge in [-0.2, -0.15) is 0 Å². The van der Waals surface area contributed by atoms with Crippen molar-refractivity contribution in [1.82, 2.24) is 5.32 Å². The second-order valence-corrected chi connectivity index (χ2v) is 5.36. The Kier molecular flexibility index (Phi) is 4.45. The highest BCUT2D eigenvalue weighted by Crippen LogP contribution is 2.19. The van der Waals surface area contributed by atoms with Crippen LogP contribution in [0.2, 0.25) is 0 Å². The van der Waals surface area contributed by atoms with E-state index in [0.717, 1.165) is 0 Å². The Morgan fingerprint density at radius 2 is 2.06 bits per heavy atom. The summed E-state index contributed by atoms with van der Waals surface area (Å²) >= 11 is 2.99. The first-order valence-electron chi connectivity index (χ1n) is 5.21. The van der Waals surface area contributed by atoms with Crippen LogP contribution in [-0.2, 0) is 4.79 Å². The van der Waals surface area contributed by atoms with E-state index in [1.165, 1.54) is 18.2 Å². The molecular formula is C12H13BrFNO3. The van der Waals surface area contributed by atoms with Gasteiger partial charge in [0.1, 0.15) is 5.82 Å². The molecule has 2 N–H and O–H groups in total. The van der Waals surface area contributed by atoms with E-state index >= 15 is 0 Å². The van der Waals surface area contributed by atoms with Crippen molar-refractivity contribution in [2.24, 2.45) is 0 Å². The number of rotatable bonds is 4. The van der Waals surface area contributed by atoms with Crippen LogP contribution in [-0.4, -0.2) is 22.5 Å². The summed E-state index contributed by atoms with van der Waals surface area (Å²) in [6, 6.07) is 4.35. The van der Waals surface area contributed by atoms with Gasteiger partial charge in [-0.15, -0.1) is 0 Å². The number of nitrogens with one attached hydrogen (secondary N) is 1. The first-order chi connectivity index (χ1) is 8.23. The molecule has 0 aromatic heterocycles. The van der Waals surface area contributed by atoms with E-state index < -0.39 is 23.2 Å². The lowest BCUT2D eigenvalue weighted by molar-refractivity contribution is -0.138. The molecule has 0 unspecified atom stereocenters. The molecule has 0 aliphatic carbocycles. The Balaban J connectivity index is 2.89. The first-order valence-corrected chi connectivity index (χ1v) is 6.00. The monoisotopic (exact) mass is 317 g/mol. The summed E-state index contributed by atoms with van der Waals surface area (Å²) in [5.74, 6) is -2.34. The van der Waals surface area contributed by atoms with E-state index in [4.69, 9.17) is 5.11 Å². The van der Waals surface area contributed by atoms with Crippen molar-refractivity contribution >= 4 is 27.8 Å². The van der Waals surface area contributed by atoms with Gasteiger partial charge in [-0.1, -0.05) is 6.07 Å². The average molecular weight is 318 g/mol. The SMILES string of the molecule is CC(C)(CC(=O)O)NC(=O)c1cccc(Br)c1F. The maximum Gasteiger partial charge on any atom is 0.305 e. The molecule has 0 fully saturated rings. The van der Waals surface area contributed by atoms with Crippen molar-refractivity contribution in [1.29, 1.82) is 0 Å². The molecule has 0 saturated heterocycles. The van der Waals surface area contributed by atoms with E-state index in [2.05, 4.69) is 21.2 Å². The fourth-order valence-corrected chi connectivity index (χ4v) is 1.84. The number of carboxylic acids is 1. The fraction of sp³-hybridized carbons (Fsp3) is 0.333. The van der Waals surface area contributed by atoms with Crippen LogP contribution in [0.25, 0.3) is 0 Å². The van der Waals surface area contributed by atoms with E-state index in [0.29, 0.717) is 0 Å². The van der Waals surface area contributed by atoms with Gasteiger partial charge in [-0.25, -0.2) is 4.39 Å². The molecule has 6 heteroatoms. The van der Waals surface area contributed by atoms with Crippen LogP contribution in [0.5, 0.6) is 0 Å². The molecule has 0 atom stereocenters. The predicted molar refractivity (Wildman–Crippen MR) is 67.9 cm³/mol. The Morgan fingerprint density at radius 1 is 1.44 bits per heavy atom. The number of aliphatic carboxylic acids is 1. The van der Waals surface area contributed by atoms with Gasteiger partial charge in [0.05, 0.1) is 16.5 Å². The molecule has 1 rings (SSSR count). The third-order valence-electron chi connectivity index (χ3n) is 2.24. The summed E-state index contributed by atoms with van der Waals surface area (Å²) in [6.45, 7) is 3.13. The molecule has 1 aromatic carbocycles. The summed E-state index contributed by atoms with van der Waals surface area (Å²) in [4.78, 5) is 22.5. The van der Waals surface area contributed by atoms with Gasteiger partial charge < -0.3 is 10.4 Å². The van der Waals surface area contributed by atoms with Crippen molar-refractivity contribution < 1.29 is 19.1 Å². The Labute approximate surface area is 112 Å². The number of carbonyl (C=O) groups excluding carboxylic acids is 1. The molecule has 0 radical (unpaired) electrons. The number of amides is 1. The smallest absolute Gasteiger partial charge is 0.305 e. The zero-order valence-electron chi connectivity index (χ0n) is 9.96. The number of benzene rings is 1. The first kappa shape index (κ1) is 14.6. The summed E-state index contributed by atoms with van der Waals surface area (Å²) < 4.78 is 13.9. The van der Waals surface area contributed by atoms with Gasteiger partial charge in [0.2, 0.25) is 0 Å². The van der Waals surface area contributed by atoms with Gasteiger partial charge >= 0.3 is 5.97 Å². The second kappa shape index (κ2) is 5.48. The lowest BCUT2D eigenvalue weighted by atomic mass is 10.00. The standard InChI is InChI=1S/C12H13BrFNO3/c1-12(2,6-9(16)17)15-11(18)7-4-3-5-8(13)10(7)14/h3-5H,6H2,1-2H3,(H,15,18)(H,16,17). The van der Waals surface area contributed by atoms with Gasteiger partial charge in [0.25, 0.3) is 5.91 Å². The molecule has 4 nitrogen and oxygen atoms in total. The average Bonchev–Trinajstić information content (AvgIpc) is 2.18. The molecule has 1 amide bonds. The predicted octanol–water partition coefficient (Wildman–Crippen LogP) is 2.57. The van der Waals surface area contributed by atoms with E-state index in [1.54, 1.807) is 13.8 Å². The zero-order chi connectivity index (χ0) is 13.9. The quantitative estimate of drug-likeness (QED) is 0.897. The third-order valence-corrected chi connectivity index (χ3v) is 2.85. The topological polar surface area (TPSA) is 66.4 Å². The number of hydrogen-bond donors (Lipinski definition) is 2. The second-order valence-electron chi connectivity index (χ2n) is 4.51. The lowest BCUT2D eigenvalue weighted by Crippen LogP contribution is -2.45. The van der Waals surface area contributed by atoms with E-state index in [1.807, 2.05) is 0 Å². The molecule has 0 spiro atoms. The highest BCUT2D eigenvalue weighted by molar-refractivity contribution is 9.10. The largest absolute Gasteiger partial charge is 0.481 e. The molecule has 18 heavy (non-hydrogen) atoms. The van der Waals surface area contributed by atoms with Crippen LogP contribution in [0.15, 0.2) is 22.7 Å². The molecule has 0 bridgehead atoms. The minimum atomic E-state index is -1.03. The van der Waals surface area contributed by atoms with Crippen LogP contribution >= 0.6 is 15.9 Å². The summed E-state index contributed by atoms with van der Waals surface area (Å²) in [5, 5.41) is 11.2. The van der Waals surface area contributed by atoms with Gasteiger partial charge in [-0.3, -0.25) is 9.59 Å². The van der Waals surface area contributed by atoms with E-state index in [-0.39, 0.29) is 16.5 Å². The molecule has 1 aromatic rings. The van der Waals surface area contributed by atoms with Gasteiger partial charge in [0, 0.05) is 5.54 Å². The molecule has 0 saturated carbocycles. The zero-order valence-corrected chi connectivity index (χ0v) is 11.5. The third kappa shape index (κ3) is 3.80. The van der Waals surface area contributed by atoms with Crippen LogP contribution in [0.1, 0.15) is 30.6 Å². The lowest BCUT2D eigenvalue weighted by Gasteiger charge is -2.24. The highest BCUT2D eigenvalue weighted by Gasteiger charge is 2.25.